The van der Waals surface area contributed by atoms with E-state index < -0.39 is 16.9 Å². The molecule has 0 aromatic heterocycles. The van der Waals surface area contributed by atoms with Gasteiger partial charge in [-0.3, -0.25) is 9.59 Å². The average molecular weight is 353 g/mol. The van der Waals surface area contributed by atoms with Gasteiger partial charge in [0.15, 0.2) is 0 Å². The zero-order valence-corrected chi connectivity index (χ0v) is 16.1. The molecule has 0 saturated heterocycles. The van der Waals surface area contributed by atoms with E-state index in [-0.39, 0.29) is 5.97 Å². The molecule has 2 N–H and O–H groups in total. The molecule has 1 amide bonds. The van der Waals surface area contributed by atoms with Crippen molar-refractivity contribution in [1.82, 2.24) is 0 Å². The Hall–Kier alpha value is -2.62. The van der Waals surface area contributed by atoms with Crippen LogP contribution in [-0.2, 0) is 16.0 Å². The Morgan fingerprint density at radius 2 is 1.54 bits per heavy atom. The lowest BCUT2D eigenvalue weighted by molar-refractivity contribution is -0.165. The maximum Gasteiger partial charge on any atom is 0.312 e. The average Bonchev–Trinajstić information content (AvgIpc) is 2.53. The summed E-state index contributed by atoms with van der Waals surface area (Å²) in [6, 6.07) is 15.2. The number of rotatable bonds is 5. The van der Waals surface area contributed by atoms with Crippen molar-refractivity contribution < 1.29 is 14.3 Å². The van der Waals surface area contributed by atoms with Crippen LogP contribution in [0.15, 0.2) is 48.5 Å². The number of hydrogen-bond donors (Lipinski definition) is 1. The number of benzene rings is 2. The Morgan fingerprint density at radius 1 is 0.923 bits per heavy atom. The summed E-state index contributed by atoms with van der Waals surface area (Å²) in [5.41, 5.74) is 7.69. The van der Waals surface area contributed by atoms with Crippen molar-refractivity contribution >= 4 is 11.9 Å². The Bertz CT molecular complexity index is 799. The van der Waals surface area contributed by atoms with E-state index in [9.17, 15) is 9.59 Å². The first-order valence-corrected chi connectivity index (χ1v) is 8.71. The van der Waals surface area contributed by atoms with Crippen LogP contribution >= 0.6 is 0 Å². The molecule has 0 radical (unpaired) electrons. The molecule has 0 unspecified atom stereocenters. The minimum atomic E-state index is -0.610. The third-order valence-corrected chi connectivity index (χ3v) is 4.03. The van der Waals surface area contributed by atoms with E-state index in [4.69, 9.17) is 10.5 Å². The molecule has 0 aliphatic rings. The van der Waals surface area contributed by atoms with Crippen molar-refractivity contribution in [3.63, 3.8) is 0 Å². The summed E-state index contributed by atoms with van der Waals surface area (Å²) < 4.78 is 5.52. The second-order valence-corrected chi connectivity index (χ2v) is 8.20. The van der Waals surface area contributed by atoms with E-state index in [1.54, 1.807) is 12.1 Å². The number of amides is 1. The summed E-state index contributed by atoms with van der Waals surface area (Å²) in [5.74, 6) is -0.647. The summed E-state index contributed by atoms with van der Waals surface area (Å²) in [6.07, 6.45) is 0.587. The first-order valence-electron chi connectivity index (χ1n) is 8.71. The number of hydrogen-bond acceptors (Lipinski definition) is 3. The van der Waals surface area contributed by atoms with Gasteiger partial charge in [-0.05, 0) is 69.9 Å². The molecule has 2 aromatic carbocycles. The minimum Gasteiger partial charge on any atom is -0.460 e. The van der Waals surface area contributed by atoms with E-state index in [0.29, 0.717) is 12.0 Å². The smallest absolute Gasteiger partial charge is 0.312 e. The van der Waals surface area contributed by atoms with E-state index >= 15 is 0 Å². The van der Waals surface area contributed by atoms with Crippen molar-refractivity contribution in [1.29, 1.82) is 0 Å². The zero-order valence-electron chi connectivity index (χ0n) is 16.1. The molecule has 4 nitrogen and oxygen atoms in total. The Balaban J connectivity index is 2.16. The van der Waals surface area contributed by atoms with Gasteiger partial charge in [-0.2, -0.15) is 0 Å². The molecular formula is C22H27NO3. The molecule has 0 aliphatic carbocycles. The van der Waals surface area contributed by atoms with E-state index in [0.717, 1.165) is 16.7 Å². The van der Waals surface area contributed by atoms with Gasteiger partial charge in [-0.25, -0.2) is 0 Å². The second kappa shape index (κ2) is 7.32. The van der Waals surface area contributed by atoms with Gasteiger partial charge in [0.25, 0.3) is 0 Å². The van der Waals surface area contributed by atoms with Gasteiger partial charge in [-0.1, -0.05) is 36.4 Å². The van der Waals surface area contributed by atoms with Crippen LogP contribution < -0.4 is 5.73 Å². The molecule has 0 fully saturated rings. The van der Waals surface area contributed by atoms with Gasteiger partial charge in [0, 0.05) is 5.56 Å². The van der Waals surface area contributed by atoms with E-state index in [1.165, 1.54) is 0 Å². The number of carbonyl (C=O) groups is 2. The molecule has 0 spiro atoms. The lowest BCUT2D eigenvalue weighted by Gasteiger charge is -2.28. The first kappa shape index (κ1) is 19.7. The van der Waals surface area contributed by atoms with Crippen LogP contribution in [0.2, 0.25) is 0 Å². The molecule has 26 heavy (non-hydrogen) atoms. The monoisotopic (exact) mass is 353 g/mol. The van der Waals surface area contributed by atoms with Crippen molar-refractivity contribution in [2.24, 2.45) is 11.1 Å². The fourth-order valence-electron chi connectivity index (χ4n) is 2.67. The highest BCUT2D eigenvalue weighted by atomic mass is 16.6. The highest BCUT2D eigenvalue weighted by Gasteiger charge is 2.32. The van der Waals surface area contributed by atoms with E-state index in [2.05, 4.69) is 0 Å². The predicted octanol–water partition coefficient (Wildman–Crippen LogP) is 4.36. The number of primary amides is 1. The van der Waals surface area contributed by atoms with Gasteiger partial charge < -0.3 is 10.5 Å². The summed E-state index contributed by atoms with van der Waals surface area (Å²) >= 11 is 0. The largest absolute Gasteiger partial charge is 0.460 e. The molecule has 0 bridgehead atoms. The predicted molar refractivity (Wildman–Crippen MR) is 104 cm³/mol. The zero-order chi connectivity index (χ0) is 19.5. The fraction of sp³-hybridized carbons (Fsp3) is 0.364. The lowest BCUT2D eigenvalue weighted by Crippen LogP contribution is -2.35. The molecule has 0 heterocycles. The third kappa shape index (κ3) is 5.19. The number of carbonyl (C=O) groups excluding carboxylic acids is 2. The van der Waals surface area contributed by atoms with Gasteiger partial charge in [0.05, 0.1) is 5.41 Å². The maximum atomic E-state index is 12.4. The first-order chi connectivity index (χ1) is 12.0. The van der Waals surface area contributed by atoms with Gasteiger partial charge in [0.1, 0.15) is 5.60 Å². The molecule has 0 saturated carbocycles. The standard InChI is InChI=1S/C22H27NO3/c1-21(2,3)26-20(25)22(4,5)14-15-9-11-16(12-10-15)17-7-6-8-18(13-17)19(23)24/h6-13H,14H2,1-5H3,(H2,23,24). The topological polar surface area (TPSA) is 69.4 Å². The molecule has 0 aliphatic heterocycles. The lowest BCUT2D eigenvalue weighted by atomic mass is 9.85. The van der Waals surface area contributed by atoms with Gasteiger partial charge in [-0.15, -0.1) is 0 Å². The van der Waals surface area contributed by atoms with Crippen LogP contribution in [0.25, 0.3) is 11.1 Å². The molecule has 4 heteroatoms. The Labute approximate surface area is 155 Å². The number of ether oxygens (including phenoxy) is 1. The Morgan fingerprint density at radius 3 is 2.08 bits per heavy atom. The van der Waals surface area contributed by atoms with Crippen LogP contribution in [0, 0.1) is 5.41 Å². The molecule has 2 rings (SSSR count). The minimum absolute atomic E-state index is 0.205. The van der Waals surface area contributed by atoms with Crippen molar-refractivity contribution in [3.05, 3.63) is 59.7 Å². The Kier molecular flexibility index (Phi) is 5.55. The summed E-state index contributed by atoms with van der Waals surface area (Å²) in [6.45, 7) is 9.40. The quantitative estimate of drug-likeness (QED) is 0.812. The highest BCUT2D eigenvalue weighted by molar-refractivity contribution is 5.94. The molecule has 0 atom stereocenters. The van der Waals surface area contributed by atoms with E-state index in [1.807, 2.05) is 71.0 Å². The van der Waals surface area contributed by atoms with Crippen LogP contribution in [0.3, 0.4) is 0 Å². The van der Waals surface area contributed by atoms with Crippen molar-refractivity contribution in [2.45, 2.75) is 46.6 Å². The third-order valence-electron chi connectivity index (χ3n) is 4.03. The number of esters is 1. The van der Waals surface area contributed by atoms with Crippen LogP contribution in [-0.4, -0.2) is 17.5 Å². The fourth-order valence-corrected chi connectivity index (χ4v) is 2.67. The molecule has 138 valence electrons. The van der Waals surface area contributed by atoms with Crippen molar-refractivity contribution in [2.75, 3.05) is 0 Å². The van der Waals surface area contributed by atoms with Crippen LogP contribution in [0.5, 0.6) is 0 Å². The highest BCUT2D eigenvalue weighted by Crippen LogP contribution is 2.28. The van der Waals surface area contributed by atoms with Gasteiger partial charge >= 0.3 is 5.97 Å². The summed E-state index contributed by atoms with van der Waals surface area (Å²) in [5, 5.41) is 0. The molecular weight excluding hydrogens is 326 g/mol. The van der Waals surface area contributed by atoms with Crippen LogP contribution in [0.1, 0.15) is 50.5 Å². The SMILES string of the molecule is CC(C)(C)OC(=O)C(C)(C)Cc1ccc(-c2cccc(C(N)=O)c2)cc1. The second-order valence-electron chi connectivity index (χ2n) is 8.20. The normalized spacial score (nSPS) is 11.9. The number of nitrogens with two attached hydrogens (primary N) is 1. The maximum absolute atomic E-state index is 12.4. The van der Waals surface area contributed by atoms with Crippen molar-refractivity contribution in [3.8, 4) is 11.1 Å². The summed E-state index contributed by atoms with van der Waals surface area (Å²) in [4.78, 5) is 23.7. The summed E-state index contributed by atoms with van der Waals surface area (Å²) in [7, 11) is 0. The molecule has 2 aromatic rings. The van der Waals surface area contributed by atoms with Crippen LogP contribution in [0.4, 0.5) is 0 Å². The van der Waals surface area contributed by atoms with Gasteiger partial charge in [0.2, 0.25) is 5.91 Å².